The second kappa shape index (κ2) is 14.9. The number of nitrogens with two attached hydrogens (primary N) is 1. The molecular formula is C34H45ClN6O5. The second-order valence-electron chi connectivity index (χ2n) is 12.6. The first-order chi connectivity index (χ1) is 22.1. The van der Waals surface area contributed by atoms with Gasteiger partial charge in [0.15, 0.2) is 5.54 Å². The van der Waals surface area contributed by atoms with Crippen LogP contribution in [0.1, 0.15) is 37.8 Å². The maximum Gasteiger partial charge on any atom is 0.254 e. The Kier molecular flexibility index (Phi) is 11.0. The van der Waals surface area contributed by atoms with Crippen LogP contribution in [0.15, 0.2) is 59.6 Å². The molecule has 0 spiro atoms. The number of likely N-dealkylation sites (tertiary alicyclic amines) is 1. The lowest BCUT2D eigenvalue weighted by Crippen LogP contribution is -2.58. The summed E-state index contributed by atoms with van der Waals surface area (Å²) in [7, 11) is 2.04. The van der Waals surface area contributed by atoms with Crippen LogP contribution in [0.25, 0.3) is 0 Å². The first-order valence-corrected chi connectivity index (χ1v) is 16.4. The number of benzene rings is 2. The van der Waals surface area contributed by atoms with Gasteiger partial charge in [-0.25, -0.2) is 4.99 Å². The van der Waals surface area contributed by atoms with Crippen molar-refractivity contribution in [1.29, 1.82) is 0 Å². The van der Waals surface area contributed by atoms with Crippen molar-refractivity contribution in [2.24, 2.45) is 10.7 Å². The highest BCUT2D eigenvalue weighted by atomic mass is 35.5. The van der Waals surface area contributed by atoms with Gasteiger partial charge in [-0.1, -0.05) is 54.1 Å². The number of nitrogens with zero attached hydrogens (tertiary/aromatic N) is 4. The van der Waals surface area contributed by atoms with Crippen LogP contribution in [0.4, 0.5) is 0 Å². The van der Waals surface area contributed by atoms with E-state index in [1.54, 1.807) is 24.8 Å². The third-order valence-corrected chi connectivity index (χ3v) is 9.22. The van der Waals surface area contributed by atoms with Crippen molar-refractivity contribution in [1.82, 2.24) is 20.0 Å². The molecule has 5 atom stereocenters. The highest BCUT2D eigenvalue weighted by Gasteiger charge is 2.50. The summed E-state index contributed by atoms with van der Waals surface area (Å²) in [4.78, 5) is 52.0. The Morgan fingerprint density at radius 1 is 1.07 bits per heavy atom. The Balaban J connectivity index is 1.40. The van der Waals surface area contributed by atoms with Crippen molar-refractivity contribution >= 4 is 35.2 Å². The maximum atomic E-state index is 14.2. The predicted octanol–water partition coefficient (Wildman–Crippen LogP) is 2.25. The minimum absolute atomic E-state index is 0.0694. The fourth-order valence-corrected chi connectivity index (χ4v) is 6.45. The smallest absolute Gasteiger partial charge is 0.254 e. The topological polar surface area (TPSA) is 130 Å². The Labute approximate surface area is 276 Å². The van der Waals surface area contributed by atoms with Crippen LogP contribution in [-0.2, 0) is 36.9 Å². The zero-order valence-corrected chi connectivity index (χ0v) is 27.6. The van der Waals surface area contributed by atoms with E-state index in [1.165, 1.54) is 0 Å². The number of rotatable bonds is 11. The van der Waals surface area contributed by atoms with Crippen LogP contribution in [0.2, 0.25) is 5.02 Å². The summed E-state index contributed by atoms with van der Waals surface area (Å²) in [6.45, 7) is 6.91. The number of ether oxygens (including phenoxy) is 2. The molecule has 0 saturated carbocycles. The standard InChI is InChI=1S/C34H45ClN6O5/c1-23(36)30(42)37-29(24(2)45-21-25-9-5-4-6-10-25)32(43)41-14-8-13-28(41)31-38-34(22-46-31,20-26-11-7-12-27(35)19-26)33(44)40-17-15-39(3)16-18-40/h4-7,9-12,19,23-24,28-29H,8,13-18,20-22,36H2,1-3H3,(H,37,42)/t23-,24?,28-,29-,34+/m0/s1. The molecule has 3 heterocycles. The zero-order valence-electron chi connectivity index (χ0n) is 26.9. The quantitative estimate of drug-likeness (QED) is 0.381. The Hall–Kier alpha value is -3.51. The first-order valence-electron chi connectivity index (χ1n) is 16.0. The predicted molar refractivity (Wildman–Crippen MR) is 176 cm³/mol. The molecule has 3 N–H and O–H groups in total. The molecule has 5 rings (SSSR count). The normalized spacial score (nSPS) is 23.8. The summed E-state index contributed by atoms with van der Waals surface area (Å²) < 4.78 is 12.4. The molecule has 2 fully saturated rings. The summed E-state index contributed by atoms with van der Waals surface area (Å²) >= 11 is 6.31. The largest absolute Gasteiger partial charge is 0.476 e. The molecule has 0 radical (unpaired) electrons. The molecule has 2 aromatic carbocycles. The van der Waals surface area contributed by atoms with Gasteiger partial charge >= 0.3 is 0 Å². The highest BCUT2D eigenvalue weighted by Crippen LogP contribution is 2.32. The molecular weight excluding hydrogens is 608 g/mol. The van der Waals surface area contributed by atoms with Gasteiger partial charge in [-0.2, -0.15) is 0 Å². The van der Waals surface area contributed by atoms with E-state index in [4.69, 9.17) is 31.8 Å². The lowest BCUT2D eigenvalue weighted by Gasteiger charge is -2.36. The van der Waals surface area contributed by atoms with E-state index in [0.717, 1.165) is 30.6 Å². The van der Waals surface area contributed by atoms with Gasteiger partial charge in [0.1, 0.15) is 18.7 Å². The number of piperazine rings is 1. The molecule has 2 saturated heterocycles. The zero-order chi connectivity index (χ0) is 32.8. The van der Waals surface area contributed by atoms with E-state index in [9.17, 15) is 14.4 Å². The third-order valence-electron chi connectivity index (χ3n) is 8.98. The maximum absolute atomic E-state index is 14.2. The number of halogens is 1. The molecule has 3 aliphatic heterocycles. The van der Waals surface area contributed by atoms with E-state index < -0.39 is 35.7 Å². The Bertz CT molecular complexity index is 1420. The third kappa shape index (κ3) is 7.88. The molecule has 0 aliphatic carbocycles. The summed E-state index contributed by atoms with van der Waals surface area (Å²) in [6, 6.07) is 14.8. The van der Waals surface area contributed by atoms with Gasteiger partial charge in [-0.3, -0.25) is 14.4 Å². The van der Waals surface area contributed by atoms with Crippen LogP contribution in [0, 0.1) is 0 Å². The molecule has 0 bridgehead atoms. The second-order valence-corrected chi connectivity index (χ2v) is 13.1. The molecule has 2 aromatic rings. The number of likely N-dealkylation sites (N-methyl/N-ethyl adjacent to an activating group) is 1. The van der Waals surface area contributed by atoms with Gasteiger partial charge in [0.2, 0.25) is 17.7 Å². The van der Waals surface area contributed by atoms with E-state index in [0.29, 0.717) is 43.4 Å². The number of hydrogen-bond donors (Lipinski definition) is 2. The van der Waals surface area contributed by atoms with Crippen molar-refractivity contribution in [3.8, 4) is 0 Å². The fraction of sp³-hybridized carbons (Fsp3) is 0.529. The fourth-order valence-electron chi connectivity index (χ4n) is 6.23. The lowest BCUT2D eigenvalue weighted by molar-refractivity contribution is -0.141. The number of hydrogen-bond acceptors (Lipinski definition) is 8. The van der Waals surface area contributed by atoms with Gasteiger partial charge in [-0.15, -0.1) is 0 Å². The van der Waals surface area contributed by atoms with E-state index in [1.807, 2.05) is 60.5 Å². The molecule has 11 nitrogen and oxygen atoms in total. The summed E-state index contributed by atoms with van der Waals surface area (Å²) in [6.07, 6.45) is 1.01. The van der Waals surface area contributed by atoms with Gasteiger partial charge in [0, 0.05) is 44.2 Å². The average Bonchev–Trinajstić information content (AvgIpc) is 3.71. The Morgan fingerprint density at radius 2 is 1.78 bits per heavy atom. The highest BCUT2D eigenvalue weighted by molar-refractivity contribution is 6.30. The minimum Gasteiger partial charge on any atom is -0.476 e. The van der Waals surface area contributed by atoms with Crippen molar-refractivity contribution in [3.05, 3.63) is 70.7 Å². The number of amides is 3. The van der Waals surface area contributed by atoms with Gasteiger partial charge in [0.05, 0.1) is 18.8 Å². The van der Waals surface area contributed by atoms with Crippen LogP contribution in [0.5, 0.6) is 0 Å². The SMILES string of the molecule is CC(OCc1ccccc1)[C@H](NC(=O)[C@H](C)N)C(=O)N1CCC[C@H]1C1=N[C@@](Cc2cccc(Cl)c2)(C(=O)N2CCN(C)CC2)CO1. The van der Waals surface area contributed by atoms with E-state index in [-0.39, 0.29) is 25.0 Å². The average molecular weight is 653 g/mol. The minimum atomic E-state index is -1.18. The summed E-state index contributed by atoms with van der Waals surface area (Å²) in [5, 5.41) is 3.40. The molecule has 3 amide bonds. The Morgan fingerprint density at radius 3 is 2.48 bits per heavy atom. The molecule has 12 heteroatoms. The van der Waals surface area contributed by atoms with Crippen molar-refractivity contribution in [2.45, 2.75) is 69.5 Å². The summed E-state index contributed by atoms with van der Waals surface area (Å²) in [5.41, 5.74) is 6.52. The van der Waals surface area contributed by atoms with E-state index >= 15 is 0 Å². The van der Waals surface area contributed by atoms with Gasteiger partial charge in [0.25, 0.3) is 5.91 Å². The number of carbonyl (C=O) groups is 3. The first kappa shape index (κ1) is 33.8. The molecule has 248 valence electrons. The molecule has 1 unspecified atom stereocenters. The van der Waals surface area contributed by atoms with Crippen molar-refractivity contribution < 1.29 is 23.9 Å². The van der Waals surface area contributed by atoms with Crippen molar-refractivity contribution in [2.75, 3.05) is 46.4 Å². The van der Waals surface area contributed by atoms with Gasteiger partial charge in [-0.05, 0) is 57.0 Å². The van der Waals surface area contributed by atoms with Gasteiger partial charge < -0.3 is 35.2 Å². The van der Waals surface area contributed by atoms with Crippen LogP contribution < -0.4 is 11.1 Å². The molecule has 3 aliphatic rings. The molecule has 46 heavy (non-hydrogen) atoms. The van der Waals surface area contributed by atoms with E-state index in [2.05, 4.69) is 10.2 Å². The van der Waals surface area contributed by atoms with Crippen molar-refractivity contribution in [3.63, 3.8) is 0 Å². The number of nitrogens with one attached hydrogen (secondary N) is 1. The lowest BCUT2D eigenvalue weighted by atomic mass is 9.90. The number of aliphatic imine (C=N–C) groups is 1. The van der Waals surface area contributed by atoms with Crippen LogP contribution >= 0.6 is 11.6 Å². The van der Waals surface area contributed by atoms with Crippen LogP contribution in [-0.4, -0.2) is 114 Å². The summed E-state index contributed by atoms with van der Waals surface area (Å²) in [5.74, 6) is -0.472. The monoisotopic (exact) mass is 652 g/mol. The number of carbonyl (C=O) groups excluding carboxylic acids is 3. The van der Waals surface area contributed by atoms with Crippen LogP contribution in [0.3, 0.4) is 0 Å². The molecule has 0 aromatic heterocycles.